The number of hydrogen-bond donors (Lipinski definition) is 0. The van der Waals surface area contributed by atoms with Gasteiger partial charge in [-0.25, -0.2) is 13.9 Å². The van der Waals surface area contributed by atoms with Crippen molar-refractivity contribution < 1.29 is 35.5 Å². The fourth-order valence-corrected chi connectivity index (χ4v) is 4.92. The molecule has 1 aromatic carbocycles. The molecule has 3 aromatic heterocycles. The molecule has 0 radical (unpaired) electrons. The van der Waals surface area contributed by atoms with Gasteiger partial charge in [0.1, 0.15) is 12.1 Å². The van der Waals surface area contributed by atoms with Crippen molar-refractivity contribution in [3.05, 3.63) is 83.3 Å². The Morgan fingerprint density at radius 3 is 2.44 bits per heavy atom. The highest BCUT2D eigenvalue weighted by Gasteiger charge is 2.40. The van der Waals surface area contributed by atoms with Crippen LogP contribution in [-0.2, 0) is 18.8 Å². The van der Waals surface area contributed by atoms with E-state index in [4.69, 9.17) is 0 Å². The van der Waals surface area contributed by atoms with Crippen molar-refractivity contribution in [2.45, 2.75) is 31.6 Å². The van der Waals surface area contributed by atoms with Crippen molar-refractivity contribution in [3.8, 4) is 11.3 Å². The number of fused-ring (bicyclic) bond motifs is 1. The molecule has 5 rings (SSSR count). The van der Waals surface area contributed by atoms with Gasteiger partial charge in [-0.2, -0.15) is 31.4 Å². The van der Waals surface area contributed by atoms with Crippen molar-refractivity contribution in [1.29, 1.82) is 0 Å². The molecule has 1 aliphatic heterocycles. The van der Waals surface area contributed by atoms with E-state index in [-0.39, 0.29) is 30.3 Å². The van der Waals surface area contributed by atoms with Crippen LogP contribution in [0.2, 0.25) is 0 Å². The molecule has 0 N–H and O–H groups in total. The average molecular weight is 551 g/mol. The van der Waals surface area contributed by atoms with E-state index in [0.29, 0.717) is 12.8 Å². The molecule has 4 aromatic rings. The van der Waals surface area contributed by atoms with Gasteiger partial charge in [0.25, 0.3) is 5.91 Å². The third-order valence-corrected chi connectivity index (χ3v) is 6.68. The molecule has 0 bridgehead atoms. The summed E-state index contributed by atoms with van der Waals surface area (Å²) in [4.78, 5) is 21.8. The maximum Gasteiger partial charge on any atom is 0.434 e. The molecule has 1 fully saturated rings. The minimum Gasteiger partial charge on any atom is -0.338 e. The molecular formula is C26H20F7N5O. The van der Waals surface area contributed by atoms with Crippen molar-refractivity contribution in [2.75, 3.05) is 13.1 Å². The fraction of sp³-hybridized carbons (Fsp3) is 0.308. The number of hydrogen-bond acceptors (Lipinski definition) is 4. The maximum absolute atomic E-state index is 13.9. The number of carbonyl (C=O) groups is 1. The predicted octanol–water partition coefficient (Wildman–Crippen LogP) is 6.06. The van der Waals surface area contributed by atoms with Crippen LogP contribution in [0.4, 0.5) is 30.7 Å². The average Bonchev–Trinajstić information content (AvgIpc) is 3.29. The number of benzene rings is 1. The molecule has 0 spiro atoms. The highest BCUT2D eigenvalue weighted by atomic mass is 19.4. The number of carbonyl (C=O) groups excluding carboxylic acids is 1. The second-order valence-electron chi connectivity index (χ2n) is 9.36. The number of halogens is 7. The van der Waals surface area contributed by atoms with Gasteiger partial charge in [-0.3, -0.25) is 9.78 Å². The lowest BCUT2D eigenvalue weighted by Crippen LogP contribution is -2.41. The fourth-order valence-electron chi connectivity index (χ4n) is 4.92. The number of nitrogens with zero attached hydrogens (tertiary/aromatic N) is 5. The van der Waals surface area contributed by atoms with Gasteiger partial charge in [-0.15, -0.1) is 0 Å². The number of rotatable bonds is 4. The molecule has 1 aliphatic rings. The van der Waals surface area contributed by atoms with Crippen molar-refractivity contribution >= 4 is 11.4 Å². The van der Waals surface area contributed by atoms with Crippen LogP contribution < -0.4 is 0 Å². The monoisotopic (exact) mass is 551 g/mol. The lowest BCUT2D eigenvalue weighted by Gasteiger charge is -2.33. The highest BCUT2D eigenvalue weighted by Crippen LogP contribution is 2.38. The van der Waals surface area contributed by atoms with Gasteiger partial charge in [0, 0.05) is 24.8 Å². The van der Waals surface area contributed by atoms with Crippen LogP contribution in [0.1, 0.15) is 40.0 Å². The Bertz CT molecular complexity index is 1510. The molecular weight excluding hydrogens is 531 g/mol. The van der Waals surface area contributed by atoms with Crippen LogP contribution in [0.3, 0.4) is 0 Å². The minimum atomic E-state index is -4.98. The first-order chi connectivity index (χ1) is 18.4. The summed E-state index contributed by atoms with van der Waals surface area (Å²) in [6.45, 7) is 0.372. The summed E-state index contributed by atoms with van der Waals surface area (Å²) in [6.07, 6.45) is -5.27. The third-order valence-electron chi connectivity index (χ3n) is 6.68. The number of pyridine rings is 1. The Hall–Kier alpha value is -4.03. The number of likely N-dealkylation sites (tertiary alicyclic amines) is 1. The first-order valence-electron chi connectivity index (χ1n) is 11.9. The normalized spacial score (nSPS) is 16.6. The molecule has 204 valence electrons. The molecule has 0 unspecified atom stereocenters. The SMILES string of the molecule is O=C(c1cc(-c2cc(C(F)(F)F)c3cncnn23)cnc1C(F)(F)F)N1CCC[C@H](Cc2ccc(F)cc2)C1. The smallest absolute Gasteiger partial charge is 0.338 e. The van der Waals surface area contributed by atoms with E-state index in [9.17, 15) is 35.5 Å². The van der Waals surface area contributed by atoms with Crippen molar-refractivity contribution in [2.24, 2.45) is 5.92 Å². The van der Waals surface area contributed by atoms with Gasteiger partial charge in [0.2, 0.25) is 0 Å². The van der Waals surface area contributed by atoms with Gasteiger partial charge in [-0.1, -0.05) is 12.1 Å². The summed E-state index contributed by atoms with van der Waals surface area (Å²) in [5.41, 5.74) is -3.17. The summed E-state index contributed by atoms with van der Waals surface area (Å²) in [5.74, 6) is -1.39. The van der Waals surface area contributed by atoms with Gasteiger partial charge in [-0.05, 0) is 55.0 Å². The molecule has 13 heteroatoms. The summed E-state index contributed by atoms with van der Waals surface area (Å²) in [7, 11) is 0. The van der Waals surface area contributed by atoms with E-state index in [2.05, 4.69) is 15.1 Å². The topological polar surface area (TPSA) is 63.4 Å². The zero-order chi connectivity index (χ0) is 27.9. The summed E-state index contributed by atoms with van der Waals surface area (Å²) in [6, 6.07) is 7.51. The van der Waals surface area contributed by atoms with Crippen molar-refractivity contribution in [1.82, 2.24) is 24.5 Å². The summed E-state index contributed by atoms with van der Waals surface area (Å²) in [5, 5.41) is 3.82. The zero-order valence-corrected chi connectivity index (χ0v) is 20.1. The van der Waals surface area contributed by atoms with E-state index < -0.39 is 46.4 Å². The van der Waals surface area contributed by atoms with Gasteiger partial charge >= 0.3 is 12.4 Å². The Labute approximate surface area is 217 Å². The Morgan fingerprint density at radius 1 is 1.00 bits per heavy atom. The Kier molecular flexibility index (Phi) is 6.77. The first kappa shape index (κ1) is 26.6. The van der Waals surface area contributed by atoms with E-state index >= 15 is 0 Å². The lowest BCUT2D eigenvalue weighted by molar-refractivity contribution is -0.141. The van der Waals surface area contributed by atoms with Crippen LogP contribution in [-0.4, -0.2) is 43.5 Å². The largest absolute Gasteiger partial charge is 0.434 e. The standard InChI is InChI=1S/C26H20F7N5O/c27-18-5-3-15(4-6-18)8-16-2-1-7-37(13-16)24(39)19-9-17(11-35-23(19)26(31,32)33)21-10-20(25(28,29)30)22-12-34-14-36-38(21)22/h3-6,9-12,14,16H,1-2,7-8,13H2/t16-/m1/s1. The second-order valence-corrected chi connectivity index (χ2v) is 9.36. The number of alkyl halides is 6. The quantitative estimate of drug-likeness (QED) is 0.289. The molecule has 6 nitrogen and oxygen atoms in total. The molecule has 4 heterocycles. The van der Waals surface area contributed by atoms with Gasteiger partial charge in [0.05, 0.1) is 28.5 Å². The predicted molar refractivity (Wildman–Crippen MR) is 125 cm³/mol. The summed E-state index contributed by atoms with van der Waals surface area (Å²) >= 11 is 0. The molecule has 1 atom stereocenters. The molecule has 0 aliphatic carbocycles. The highest BCUT2D eigenvalue weighted by molar-refractivity contribution is 5.96. The number of piperidine rings is 1. The Balaban J connectivity index is 1.51. The summed E-state index contributed by atoms with van der Waals surface area (Å²) < 4.78 is 96.6. The Morgan fingerprint density at radius 2 is 1.74 bits per heavy atom. The van der Waals surface area contributed by atoms with Crippen molar-refractivity contribution in [3.63, 3.8) is 0 Å². The maximum atomic E-state index is 13.9. The molecule has 39 heavy (non-hydrogen) atoms. The van der Waals surface area contributed by atoms with E-state index in [1.165, 1.54) is 17.0 Å². The van der Waals surface area contributed by atoms with Crippen LogP contribution in [0.5, 0.6) is 0 Å². The molecule has 0 saturated carbocycles. The first-order valence-corrected chi connectivity index (χ1v) is 11.9. The van der Waals surface area contributed by atoms with E-state index in [1.54, 1.807) is 12.1 Å². The third kappa shape index (κ3) is 5.43. The van der Waals surface area contributed by atoms with Crippen LogP contribution in [0.15, 0.2) is 55.1 Å². The zero-order valence-electron chi connectivity index (χ0n) is 20.1. The number of aromatic nitrogens is 4. The van der Waals surface area contributed by atoms with Crippen LogP contribution in [0, 0.1) is 11.7 Å². The van der Waals surface area contributed by atoms with E-state index in [0.717, 1.165) is 47.4 Å². The molecule has 1 amide bonds. The molecule has 1 saturated heterocycles. The number of amides is 1. The second kappa shape index (κ2) is 9.93. The van der Waals surface area contributed by atoms with Crippen LogP contribution in [0.25, 0.3) is 16.8 Å². The minimum absolute atomic E-state index is 0.0701. The van der Waals surface area contributed by atoms with E-state index in [1.807, 2.05) is 0 Å². The van der Waals surface area contributed by atoms with Gasteiger partial charge in [0.15, 0.2) is 5.69 Å². The lowest BCUT2D eigenvalue weighted by atomic mass is 9.91. The van der Waals surface area contributed by atoms with Gasteiger partial charge < -0.3 is 4.90 Å². The van der Waals surface area contributed by atoms with Crippen LogP contribution >= 0.6 is 0 Å².